The van der Waals surface area contributed by atoms with Crippen LogP contribution in [0.1, 0.15) is 19.7 Å². The van der Waals surface area contributed by atoms with Crippen LogP contribution in [0, 0.1) is 0 Å². The molecule has 0 fully saturated rings. The summed E-state index contributed by atoms with van der Waals surface area (Å²) < 4.78 is 5.30. The molecule has 146 valence electrons. The standard InChI is InChI=1S/C19H21N5O3S/c1-3-24(12-18-22-19(23-27-18)16-5-4-10-28-16)11-17(26)21-15-8-6-14(7-9-15)20-13(2)25/h4-10H,3,11-12H2,1-2H3,(H,20,25)(H,21,26). The van der Waals surface area contributed by atoms with Gasteiger partial charge in [0.25, 0.3) is 0 Å². The second-order valence-corrected chi connectivity index (χ2v) is 7.05. The Kier molecular flexibility index (Phi) is 6.51. The zero-order chi connectivity index (χ0) is 19.9. The highest BCUT2D eigenvalue weighted by atomic mass is 32.1. The van der Waals surface area contributed by atoms with Crippen LogP contribution in [0.2, 0.25) is 0 Å². The second kappa shape index (κ2) is 9.25. The molecular formula is C19H21N5O3S. The quantitative estimate of drug-likeness (QED) is 0.603. The third kappa shape index (κ3) is 5.48. The van der Waals surface area contributed by atoms with Crippen LogP contribution in [-0.2, 0) is 16.1 Å². The number of rotatable bonds is 8. The van der Waals surface area contributed by atoms with Crippen LogP contribution < -0.4 is 10.6 Å². The molecule has 0 aliphatic carbocycles. The van der Waals surface area contributed by atoms with Crippen LogP contribution in [0.25, 0.3) is 10.7 Å². The molecule has 0 saturated carbocycles. The fourth-order valence-corrected chi connectivity index (χ4v) is 3.19. The van der Waals surface area contributed by atoms with Crippen molar-refractivity contribution in [1.82, 2.24) is 15.0 Å². The number of aromatic nitrogens is 2. The summed E-state index contributed by atoms with van der Waals surface area (Å²) in [5, 5.41) is 11.5. The molecular weight excluding hydrogens is 378 g/mol. The molecule has 3 rings (SSSR count). The summed E-state index contributed by atoms with van der Waals surface area (Å²) in [4.78, 5) is 30.6. The van der Waals surface area contributed by atoms with Crippen molar-refractivity contribution in [3.05, 3.63) is 47.7 Å². The van der Waals surface area contributed by atoms with Gasteiger partial charge in [-0.1, -0.05) is 18.1 Å². The highest BCUT2D eigenvalue weighted by Gasteiger charge is 2.15. The molecule has 0 spiro atoms. The van der Waals surface area contributed by atoms with E-state index in [1.807, 2.05) is 29.3 Å². The normalized spacial score (nSPS) is 10.8. The van der Waals surface area contributed by atoms with Crippen LogP contribution in [0.5, 0.6) is 0 Å². The molecule has 9 heteroatoms. The molecule has 0 atom stereocenters. The Morgan fingerprint density at radius 3 is 2.46 bits per heavy atom. The minimum absolute atomic E-state index is 0.140. The van der Waals surface area contributed by atoms with Gasteiger partial charge in [0, 0.05) is 18.3 Å². The summed E-state index contributed by atoms with van der Waals surface area (Å²) in [6, 6.07) is 10.8. The van der Waals surface area contributed by atoms with E-state index in [-0.39, 0.29) is 18.4 Å². The maximum absolute atomic E-state index is 12.3. The molecule has 1 aromatic carbocycles. The van der Waals surface area contributed by atoms with Gasteiger partial charge in [-0.25, -0.2) is 0 Å². The predicted molar refractivity (Wildman–Crippen MR) is 108 cm³/mol. The summed E-state index contributed by atoms with van der Waals surface area (Å²) >= 11 is 1.54. The summed E-state index contributed by atoms with van der Waals surface area (Å²) in [7, 11) is 0. The lowest BCUT2D eigenvalue weighted by Crippen LogP contribution is -2.32. The maximum atomic E-state index is 12.3. The monoisotopic (exact) mass is 399 g/mol. The van der Waals surface area contributed by atoms with Crippen LogP contribution in [0.4, 0.5) is 11.4 Å². The fraction of sp³-hybridized carbons (Fsp3) is 0.263. The summed E-state index contributed by atoms with van der Waals surface area (Å²) in [6.07, 6.45) is 0. The van der Waals surface area contributed by atoms with Gasteiger partial charge in [0.15, 0.2) is 0 Å². The Morgan fingerprint density at radius 1 is 1.14 bits per heavy atom. The van der Waals surface area contributed by atoms with Crippen molar-refractivity contribution < 1.29 is 14.1 Å². The van der Waals surface area contributed by atoms with Gasteiger partial charge in [0.05, 0.1) is 18.0 Å². The minimum Gasteiger partial charge on any atom is -0.338 e. The van der Waals surface area contributed by atoms with E-state index < -0.39 is 0 Å². The van der Waals surface area contributed by atoms with E-state index in [0.29, 0.717) is 36.2 Å². The number of thiophene rings is 1. The average Bonchev–Trinajstić information content (AvgIpc) is 3.34. The highest BCUT2D eigenvalue weighted by molar-refractivity contribution is 7.13. The molecule has 8 nitrogen and oxygen atoms in total. The predicted octanol–water partition coefficient (Wildman–Crippen LogP) is 3.22. The molecule has 0 saturated heterocycles. The topological polar surface area (TPSA) is 100 Å². The molecule has 0 bridgehead atoms. The lowest BCUT2D eigenvalue weighted by molar-refractivity contribution is -0.117. The molecule has 2 heterocycles. The number of benzene rings is 1. The number of amides is 2. The largest absolute Gasteiger partial charge is 0.338 e. The number of carbonyl (C=O) groups is 2. The van der Waals surface area contributed by atoms with Crippen molar-refractivity contribution in [3.63, 3.8) is 0 Å². The molecule has 0 unspecified atom stereocenters. The van der Waals surface area contributed by atoms with Gasteiger partial charge in [-0.2, -0.15) is 4.98 Å². The van der Waals surface area contributed by atoms with Crippen molar-refractivity contribution in [2.45, 2.75) is 20.4 Å². The van der Waals surface area contributed by atoms with E-state index in [4.69, 9.17) is 4.52 Å². The van der Waals surface area contributed by atoms with Gasteiger partial charge < -0.3 is 15.2 Å². The SMILES string of the molecule is CCN(CC(=O)Nc1ccc(NC(C)=O)cc1)Cc1nc(-c2cccs2)no1. The third-order valence-corrected chi connectivity index (χ3v) is 4.74. The van der Waals surface area contributed by atoms with E-state index in [1.54, 1.807) is 35.6 Å². The van der Waals surface area contributed by atoms with Gasteiger partial charge in [-0.15, -0.1) is 11.3 Å². The number of nitrogens with one attached hydrogen (secondary N) is 2. The first-order valence-electron chi connectivity index (χ1n) is 8.80. The Hall–Kier alpha value is -3.04. The molecule has 28 heavy (non-hydrogen) atoms. The smallest absolute Gasteiger partial charge is 0.241 e. The number of likely N-dealkylation sites (N-methyl/N-ethyl adjacent to an activating group) is 1. The zero-order valence-electron chi connectivity index (χ0n) is 15.6. The zero-order valence-corrected chi connectivity index (χ0v) is 16.5. The van der Waals surface area contributed by atoms with Crippen molar-refractivity contribution in [3.8, 4) is 10.7 Å². The first-order chi connectivity index (χ1) is 13.5. The molecule has 2 amide bonds. The van der Waals surface area contributed by atoms with Crippen molar-refractivity contribution in [2.24, 2.45) is 0 Å². The molecule has 2 aromatic heterocycles. The minimum atomic E-state index is -0.146. The molecule has 3 aromatic rings. The van der Waals surface area contributed by atoms with E-state index in [0.717, 1.165) is 4.88 Å². The number of hydrogen-bond donors (Lipinski definition) is 2. The Balaban J connectivity index is 1.54. The Bertz CT molecular complexity index is 921. The van der Waals surface area contributed by atoms with Gasteiger partial charge in [0.2, 0.25) is 23.5 Å². The van der Waals surface area contributed by atoms with Gasteiger partial charge >= 0.3 is 0 Å². The molecule has 0 aliphatic rings. The Labute approximate surface area is 166 Å². The van der Waals surface area contributed by atoms with Crippen LogP contribution in [0.15, 0.2) is 46.3 Å². The van der Waals surface area contributed by atoms with Crippen LogP contribution >= 0.6 is 11.3 Å². The first-order valence-corrected chi connectivity index (χ1v) is 9.67. The van der Waals surface area contributed by atoms with E-state index in [9.17, 15) is 9.59 Å². The molecule has 2 N–H and O–H groups in total. The molecule has 0 radical (unpaired) electrons. The highest BCUT2D eigenvalue weighted by Crippen LogP contribution is 2.21. The average molecular weight is 399 g/mol. The summed E-state index contributed by atoms with van der Waals surface area (Å²) in [5.74, 6) is 0.744. The lowest BCUT2D eigenvalue weighted by atomic mass is 10.2. The van der Waals surface area contributed by atoms with Gasteiger partial charge in [-0.05, 0) is 42.3 Å². The first kappa shape index (κ1) is 19.7. The number of hydrogen-bond acceptors (Lipinski definition) is 7. The summed E-state index contributed by atoms with van der Waals surface area (Å²) in [6.45, 7) is 4.66. The van der Waals surface area contributed by atoms with Crippen molar-refractivity contribution in [1.29, 1.82) is 0 Å². The second-order valence-electron chi connectivity index (χ2n) is 6.10. The third-order valence-electron chi connectivity index (χ3n) is 3.87. The Morgan fingerprint density at radius 2 is 1.86 bits per heavy atom. The number of carbonyl (C=O) groups excluding carboxylic acids is 2. The van der Waals surface area contributed by atoms with Crippen molar-refractivity contribution in [2.75, 3.05) is 23.7 Å². The van der Waals surface area contributed by atoms with E-state index in [1.165, 1.54) is 6.92 Å². The number of nitrogens with zero attached hydrogens (tertiary/aromatic N) is 3. The summed E-state index contributed by atoms with van der Waals surface area (Å²) in [5.41, 5.74) is 1.34. The van der Waals surface area contributed by atoms with E-state index in [2.05, 4.69) is 20.8 Å². The maximum Gasteiger partial charge on any atom is 0.241 e. The fourth-order valence-electron chi connectivity index (χ4n) is 2.54. The van der Waals surface area contributed by atoms with E-state index >= 15 is 0 Å². The van der Waals surface area contributed by atoms with Gasteiger partial charge in [-0.3, -0.25) is 14.5 Å². The lowest BCUT2D eigenvalue weighted by Gasteiger charge is -2.17. The van der Waals surface area contributed by atoms with Crippen LogP contribution in [0.3, 0.4) is 0 Å². The number of anilines is 2. The van der Waals surface area contributed by atoms with Crippen LogP contribution in [-0.4, -0.2) is 39.9 Å². The van der Waals surface area contributed by atoms with Gasteiger partial charge in [0.1, 0.15) is 0 Å². The molecule has 0 aliphatic heterocycles. The van der Waals surface area contributed by atoms with Crippen molar-refractivity contribution >= 4 is 34.5 Å².